The summed E-state index contributed by atoms with van der Waals surface area (Å²) in [4.78, 5) is 1.53. The van der Waals surface area contributed by atoms with Crippen LogP contribution in [0.3, 0.4) is 0 Å². The van der Waals surface area contributed by atoms with Crippen molar-refractivity contribution in [1.82, 2.24) is 4.90 Å². The first kappa shape index (κ1) is 19.4. The maximum atomic E-state index is 14.3. The summed E-state index contributed by atoms with van der Waals surface area (Å²) in [6.45, 7) is 0.129. The molecule has 1 heterocycles. The van der Waals surface area contributed by atoms with Crippen molar-refractivity contribution in [1.29, 1.82) is 0 Å². The maximum Gasteiger partial charge on any atom is 0.133 e. The van der Waals surface area contributed by atoms with Gasteiger partial charge in [-0.3, -0.25) is 4.90 Å². The lowest BCUT2D eigenvalue weighted by Crippen LogP contribution is -2.62. The van der Waals surface area contributed by atoms with Crippen LogP contribution in [-0.2, 0) is 6.42 Å². The number of likely N-dealkylation sites (tertiary alicyclic amines) is 1. The molecule has 0 aromatic heterocycles. The molecule has 2 aliphatic rings. The number of hydrogen-bond donors (Lipinski definition) is 4. The summed E-state index contributed by atoms with van der Waals surface area (Å²) in [6.07, 6.45) is -1.74. The van der Waals surface area contributed by atoms with E-state index >= 15 is 0 Å². The standard InChI is InChI=1S/C18H25F2NO5/c19-13-5-11(26-9-10-1-2-10)6-14(20)12(13)3-4-21-7-16(23)18(25)17(24)15(21)8-22/h5-6,10,15-18,22-25H,1-4,7-9H2/t15-,16+,17-,18-/m1/s1. The summed E-state index contributed by atoms with van der Waals surface area (Å²) in [6, 6.07) is 1.52. The Morgan fingerprint density at radius 1 is 1.08 bits per heavy atom. The highest BCUT2D eigenvalue weighted by atomic mass is 19.1. The molecule has 1 saturated heterocycles. The molecule has 0 bridgehead atoms. The van der Waals surface area contributed by atoms with Crippen molar-refractivity contribution in [3.63, 3.8) is 0 Å². The second-order valence-electron chi connectivity index (χ2n) is 7.16. The highest BCUT2D eigenvalue weighted by molar-refractivity contribution is 5.31. The molecule has 1 aliphatic carbocycles. The minimum atomic E-state index is -1.36. The smallest absolute Gasteiger partial charge is 0.133 e. The number of hydrogen-bond acceptors (Lipinski definition) is 6. The van der Waals surface area contributed by atoms with Crippen molar-refractivity contribution < 1.29 is 33.9 Å². The van der Waals surface area contributed by atoms with Crippen molar-refractivity contribution in [3.05, 3.63) is 29.3 Å². The van der Waals surface area contributed by atoms with E-state index in [2.05, 4.69) is 0 Å². The molecule has 4 N–H and O–H groups in total. The molecular weight excluding hydrogens is 348 g/mol. The lowest BCUT2D eigenvalue weighted by atomic mass is 9.93. The van der Waals surface area contributed by atoms with Crippen molar-refractivity contribution in [3.8, 4) is 5.75 Å². The molecule has 4 atom stereocenters. The molecule has 1 aromatic rings. The topological polar surface area (TPSA) is 93.4 Å². The van der Waals surface area contributed by atoms with E-state index in [1.165, 1.54) is 4.90 Å². The Bertz CT molecular complexity index is 605. The Kier molecular flexibility index (Phi) is 6.09. The number of aliphatic hydroxyl groups is 4. The highest BCUT2D eigenvalue weighted by Crippen LogP contribution is 2.30. The summed E-state index contributed by atoms with van der Waals surface area (Å²) in [7, 11) is 0. The van der Waals surface area contributed by atoms with Gasteiger partial charge in [0.2, 0.25) is 0 Å². The Morgan fingerprint density at radius 3 is 2.31 bits per heavy atom. The molecule has 146 valence electrons. The summed E-state index contributed by atoms with van der Waals surface area (Å²) in [5.41, 5.74) is -0.115. The Hall–Kier alpha value is -1.32. The van der Waals surface area contributed by atoms with Gasteiger partial charge in [-0.05, 0) is 25.2 Å². The van der Waals surface area contributed by atoms with Gasteiger partial charge in [0.25, 0.3) is 0 Å². The number of nitrogens with zero attached hydrogens (tertiary/aromatic N) is 1. The molecule has 2 fully saturated rings. The van der Waals surface area contributed by atoms with Crippen LogP contribution < -0.4 is 4.74 Å². The van der Waals surface area contributed by atoms with Crippen LogP contribution in [0.5, 0.6) is 5.75 Å². The zero-order chi connectivity index (χ0) is 18.8. The number of β-amino-alcohol motifs (C(OH)–C–C–N with tert-alkyl or cyclic N) is 1. The van der Waals surface area contributed by atoms with Gasteiger partial charge in [0, 0.05) is 30.8 Å². The molecule has 26 heavy (non-hydrogen) atoms. The zero-order valence-corrected chi connectivity index (χ0v) is 14.4. The highest BCUT2D eigenvalue weighted by Gasteiger charge is 2.40. The van der Waals surface area contributed by atoms with Gasteiger partial charge in [0.05, 0.1) is 25.4 Å². The molecule has 0 spiro atoms. The minimum Gasteiger partial charge on any atom is -0.493 e. The molecule has 1 aliphatic heterocycles. The first-order valence-electron chi connectivity index (χ1n) is 8.90. The van der Waals surface area contributed by atoms with E-state index in [-0.39, 0.29) is 30.8 Å². The molecule has 0 amide bonds. The molecule has 0 radical (unpaired) electrons. The van der Waals surface area contributed by atoms with Gasteiger partial charge in [-0.2, -0.15) is 0 Å². The van der Waals surface area contributed by atoms with E-state index in [1.807, 2.05) is 0 Å². The van der Waals surface area contributed by atoms with Crippen LogP contribution in [-0.4, -0.2) is 76.0 Å². The van der Waals surface area contributed by atoms with E-state index < -0.39 is 42.6 Å². The van der Waals surface area contributed by atoms with Gasteiger partial charge in [-0.25, -0.2) is 8.78 Å². The predicted octanol–water partition coefficient (Wildman–Crippen LogP) is 0.0553. The maximum absolute atomic E-state index is 14.3. The van der Waals surface area contributed by atoms with Crippen molar-refractivity contribution in [2.24, 2.45) is 5.92 Å². The number of ether oxygens (including phenoxy) is 1. The van der Waals surface area contributed by atoms with Crippen molar-refractivity contribution in [2.45, 2.75) is 43.6 Å². The molecule has 3 rings (SSSR count). The third kappa shape index (κ3) is 4.32. The normalized spacial score (nSPS) is 29.8. The van der Waals surface area contributed by atoms with Gasteiger partial charge in [0.15, 0.2) is 0 Å². The molecule has 6 nitrogen and oxygen atoms in total. The lowest BCUT2D eigenvalue weighted by molar-refractivity contribution is -0.144. The van der Waals surface area contributed by atoms with E-state index in [0.29, 0.717) is 12.5 Å². The van der Waals surface area contributed by atoms with Crippen LogP contribution >= 0.6 is 0 Å². The second kappa shape index (κ2) is 8.14. The summed E-state index contributed by atoms with van der Waals surface area (Å²) in [5.74, 6) is -0.789. The quantitative estimate of drug-likeness (QED) is 0.540. The minimum absolute atomic E-state index is 0.00469. The van der Waals surface area contributed by atoms with Crippen LogP contribution in [0.2, 0.25) is 0 Å². The van der Waals surface area contributed by atoms with Gasteiger partial charge >= 0.3 is 0 Å². The van der Waals surface area contributed by atoms with Gasteiger partial charge < -0.3 is 25.2 Å². The Balaban J connectivity index is 1.64. The fraction of sp³-hybridized carbons (Fsp3) is 0.667. The van der Waals surface area contributed by atoms with E-state index in [9.17, 15) is 29.2 Å². The third-order valence-electron chi connectivity index (χ3n) is 5.16. The zero-order valence-electron chi connectivity index (χ0n) is 14.4. The van der Waals surface area contributed by atoms with Crippen LogP contribution in [0, 0.1) is 17.6 Å². The van der Waals surface area contributed by atoms with E-state index in [0.717, 1.165) is 25.0 Å². The average molecular weight is 373 g/mol. The largest absolute Gasteiger partial charge is 0.493 e. The van der Waals surface area contributed by atoms with E-state index in [1.54, 1.807) is 0 Å². The first-order chi connectivity index (χ1) is 12.4. The molecule has 1 aromatic carbocycles. The molecule has 8 heteroatoms. The summed E-state index contributed by atoms with van der Waals surface area (Å²) >= 11 is 0. The fourth-order valence-electron chi connectivity index (χ4n) is 3.29. The van der Waals surface area contributed by atoms with Crippen LogP contribution in [0.1, 0.15) is 18.4 Å². The van der Waals surface area contributed by atoms with Crippen LogP contribution in [0.4, 0.5) is 8.78 Å². The van der Waals surface area contributed by atoms with E-state index in [4.69, 9.17) is 4.74 Å². The van der Waals surface area contributed by atoms with Gasteiger partial charge in [0.1, 0.15) is 29.6 Å². The fourth-order valence-corrected chi connectivity index (χ4v) is 3.29. The van der Waals surface area contributed by atoms with Crippen molar-refractivity contribution in [2.75, 3.05) is 26.3 Å². The number of aliphatic hydroxyl groups excluding tert-OH is 4. The van der Waals surface area contributed by atoms with Crippen LogP contribution in [0.25, 0.3) is 0 Å². The number of benzene rings is 1. The second-order valence-corrected chi connectivity index (χ2v) is 7.16. The summed E-state index contributed by atoms with van der Waals surface area (Å²) in [5, 5.41) is 38.9. The number of rotatable bonds is 7. The molecule has 1 saturated carbocycles. The lowest BCUT2D eigenvalue weighted by Gasteiger charge is -2.43. The van der Waals surface area contributed by atoms with Crippen molar-refractivity contribution >= 4 is 0 Å². The third-order valence-corrected chi connectivity index (χ3v) is 5.16. The number of halogens is 2. The SMILES string of the molecule is OC[C@@H]1[C@@H](O)[C@H](O)[C@@H](O)CN1CCc1c(F)cc(OCC2CC2)cc1F. The molecule has 0 unspecified atom stereocenters. The Labute approximate surface area is 150 Å². The van der Waals surface area contributed by atoms with Gasteiger partial charge in [-0.1, -0.05) is 0 Å². The van der Waals surface area contributed by atoms with Crippen LogP contribution in [0.15, 0.2) is 12.1 Å². The first-order valence-corrected chi connectivity index (χ1v) is 8.90. The average Bonchev–Trinajstić information content (AvgIpc) is 3.42. The van der Waals surface area contributed by atoms with Gasteiger partial charge in [-0.15, -0.1) is 0 Å². The monoisotopic (exact) mass is 373 g/mol. The predicted molar refractivity (Wildman–Crippen MR) is 88.7 cm³/mol. The summed E-state index contributed by atoms with van der Waals surface area (Å²) < 4.78 is 33.9. The Morgan fingerprint density at radius 2 is 1.73 bits per heavy atom. The number of piperidine rings is 1. The molecular formula is C18H25F2NO5.